The minimum atomic E-state index is -0.176. The van der Waals surface area contributed by atoms with Gasteiger partial charge in [0, 0.05) is 24.0 Å². The molecular weight excluding hydrogens is 230 g/mol. The zero-order valence-corrected chi connectivity index (χ0v) is 9.16. The predicted molar refractivity (Wildman–Crippen MR) is 63.8 cm³/mol. The van der Waals surface area contributed by atoms with Crippen LogP contribution in [0.1, 0.15) is 5.56 Å². The van der Waals surface area contributed by atoms with Gasteiger partial charge in [0.1, 0.15) is 6.07 Å². The molecule has 0 aliphatic carbocycles. The molecule has 0 aromatic carbocycles. The number of nitrogens with one attached hydrogen (secondary N) is 1. The van der Waals surface area contributed by atoms with Crippen molar-refractivity contribution in [2.75, 3.05) is 0 Å². The summed E-state index contributed by atoms with van der Waals surface area (Å²) in [4.78, 5) is 13.6. The normalized spacial score (nSPS) is 10.4. The maximum atomic E-state index is 11.0. The van der Waals surface area contributed by atoms with Gasteiger partial charge >= 0.3 is 0 Å². The lowest BCUT2D eigenvalue weighted by Gasteiger charge is -1.99. The molecule has 0 amide bonds. The van der Waals surface area contributed by atoms with Crippen LogP contribution >= 0.6 is 0 Å². The van der Waals surface area contributed by atoms with Crippen molar-refractivity contribution in [1.82, 2.24) is 19.6 Å². The van der Waals surface area contributed by atoms with Crippen molar-refractivity contribution >= 4 is 5.65 Å². The van der Waals surface area contributed by atoms with Crippen LogP contribution in [0.15, 0.2) is 41.5 Å². The molecule has 3 aromatic rings. The van der Waals surface area contributed by atoms with E-state index >= 15 is 0 Å². The molecule has 0 unspecified atom stereocenters. The first kappa shape index (κ1) is 10.2. The lowest BCUT2D eigenvalue weighted by molar-refractivity contribution is 1.10. The highest BCUT2D eigenvalue weighted by atomic mass is 16.1. The van der Waals surface area contributed by atoms with Crippen LogP contribution < -0.4 is 5.56 Å². The summed E-state index contributed by atoms with van der Waals surface area (Å²) in [5, 5.41) is 16.9. The standard InChI is InChI=1S/C12H7N5O/c13-5-8-1-3-10-15-16-12(17(10)7-8)9-2-4-11(18)14-6-9/h1-4,6-7H,(H,14,18). The SMILES string of the molecule is N#Cc1ccc2nnc(-c3ccc(=O)[nH]c3)n2c1. The van der Waals surface area contributed by atoms with E-state index in [1.54, 1.807) is 35.0 Å². The molecule has 6 heteroatoms. The molecule has 3 rings (SSSR count). The van der Waals surface area contributed by atoms with Gasteiger partial charge in [-0.15, -0.1) is 10.2 Å². The number of H-pyrrole nitrogens is 1. The van der Waals surface area contributed by atoms with Crippen LogP contribution in [0.5, 0.6) is 0 Å². The molecule has 0 saturated heterocycles. The number of nitrogens with zero attached hydrogens (tertiary/aromatic N) is 4. The van der Waals surface area contributed by atoms with Crippen LogP contribution in [0.4, 0.5) is 0 Å². The molecule has 0 aliphatic rings. The van der Waals surface area contributed by atoms with E-state index in [2.05, 4.69) is 21.3 Å². The zero-order valence-electron chi connectivity index (χ0n) is 9.16. The van der Waals surface area contributed by atoms with Crippen LogP contribution in [0.25, 0.3) is 17.0 Å². The molecule has 0 radical (unpaired) electrons. The molecule has 0 atom stereocenters. The van der Waals surface area contributed by atoms with Gasteiger partial charge in [0.2, 0.25) is 5.56 Å². The van der Waals surface area contributed by atoms with Crippen molar-refractivity contribution in [2.45, 2.75) is 0 Å². The third-order valence-corrected chi connectivity index (χ3v) is 2.57. The highest BCUT2D eigenvalue weighted by Gasteiger charge is 2.08. The second-order valence-electron chi connectivity index (χ2n) is 3.72. The highest BCUT2D eigenvalue weighted by molar-refractivity contribution is 5.58. The van der Waals surface area contributed by atoms with Crippen molar-refractivity contribution in [1.29, 1.82) is 5.26 Å². The van der Waals surface area contributed by atoms with E-state index < -0.39 is 0 Å². The van der Waals surface area contributed by atoms with Gasteiger partial charge in [-0.05, 0) is 18.2 Å². The van der Waals surface area contributed by atoms with Gasteiger partial charge < -0.3 is 4.98 Å². The molecule has 0 aliphatic heterocycles. The smallest absolute Gasteiger partial charge is 0.247 e. The number of nitriles is 1. The van der Waals surface area contributed by atoms with Crippen molar-refractivity contribution < 1.29 is 0 Å². The van der Waals surface area contributed by atoms with Crippen LogP contribution in [0, 0.1) is 11.3 Å². The monoisotopic (exact) mass is 237 g/mol. The number of pyridine rings is 2. The average Bonchev–Trinajstić information content (AvgIpc) is 2.82. The Morgan fingerprint density at radius 2 is 2.11 bits per heavy atom. The molecule has 0 bridgehead atoms. The van der Waals surface area contributed by atoms with E-state index in [0.717, 1.165) is 5.56 Å². The van der Waals surface area contributed by atoms with Crippen LogP contribution in [-0.4, -0.2) is 19.6 Å². The van der Waals surface area contributed by atoms with Crippen LogP contribution in [0.2, 0.25) is 0 Å². The summed E-state index contributed by atoms with van der Waals surface area (Å²) in [6.07, 6.45) is 3.23. The molecule has 86 valence electrons. The lowest BCUT2D eigenvalue weighted by atomic mass is 10.2. The minimum absolute atomic E-state index is 0.176. The number of aromatic nitrogens is 4. The summed E-state index contributed by atoms with van der Waals surface area (Å²) in [7, 11) is 0. The van der Waals surface area contributed by atoms with E-state index in [1.807, 2.05) is 0 Å². The Labute approximate surface area is 101 Å². The Bertz CT molecular complexity index is 804. The van der Waals surface area contributed by atoms with E-state index in [4.69, 9.17) is 5.26 Å². The number of fused-ring (bicyclic) bond motifs is 1. The molecule has 0 fully saturated rings. The van der Waals surface area contributed by atoms with E-state index in [1.165, 1.54) is 6.07 Å². The molecule has 3 aromatic heterocycles. The molecule has 1 N–H and O–H groups in total. The van der Waals surface area contributed by atoms with Gasteiger partial charge in [0.25, 0.3) is 0 Å². The number of rotatable bonds is 1. The van der Waals surface area contributed by atoms with E-state index in [0.29, 0.717) is 17.0 Å². The summed E-state index contributed by atoms with van der Waals surface area (Å²) >= 11 is 0. The third kappa shape index (κ3) is 1.55. The summed E-state index contributed by atoms with van der Waals surface area (Å²) in [5.74, 6) is 0.582. The second kappa shape index (κ2) is 3.82. The molecular formula is C12H7N5O. The van der Waals surface area contributed by atoms with Gasteiger partial charge in [-0.1, -0.05) is 0 Å². The van der Waals surface area contributed by atoms with Crippen molar-refractivity contribution in [3.63, 3.8) is 0 Å². The van der Waals surface area contributed by atoms with Gasteiger partial charge in [-0.2, -0.15) is 5.26 Å². The van der Waals surface area contributed by atoms with Gasteiger partial charge in [-0.3, -0.25) is 9.20 Å². The Balaban J connectivity index is 2.26. The molecule has 0 saturated carbocycles. The largest absolute Gasteiger partial charge is 0.328 e. The van der Waals surface area contributed by atoms with Crippen molar-refractivity contribution in [3.8, 4) is 17.5 Å². The number of hydrogen-bond donors (Lipinski definition) is 1. The van der Waals surface area contributed by atoms with Gasteiger partial charge in [0.15, 0.2) is 11.5 Å². The van der Waals surface area contributed by atoms with Crippen molar-refractivity contribution in [2.24, 2.45) is 0 Å². The molecule has 0 spiro atoms. The lowest BCUT2D eigenvalue weighted by Crippen LogP contribution is -2.02. The number of aromatic amines is 1. The Morgan fingerprint density at radius 3 is 2.83 bits per heavy atom. The van der Waals surface area contributed by atoms with E-state index in [-0.39, 0.29) is 5.56 Å². The average molecular weight is 237 g/mol. The fraction of sp³-hybridized carbons (Fsp3) is 0. The quantitative estimate of drug-likeness (QED) is 0.682. The minimum Gasteiger partial charge on any atom is -0.328 e. The summed E-state index contributed by atoms with van der Waals surface area (Å²) < 4.78 is 1.71. The second-order valence-corrected chi connectivity index (χ2v) is 3.72. The van der Waals surface area contributed by atoms with Crippen LogP contribution in [0.3, 0.4) is 0 Å². The molecule has 3 heterocycles. The fourth-order valence-electron chi connectivity index (χ4n) is 1.70. The topological polar surface area (TPSA) is 86.8 Å². The maximum absolute atomic E-state index is 11.0. The fourth-order valence-corrected chi connectivity index (χ4v) is 1.70. The number of hydrogen-bond acceptors (Lipinski definition) is 4. The Kier molecular flexibility index (Phi) is 2.17. The molecule has 18 heavy (non-hydrogen) atoms. The van der Waals surface area contributed by atoms with E-state index in [9.17, 15) is 4.79 Å². The first-order valence-electron chi connectivity index (χ1n) is 5.22. The predicted octanol–water partition coefficient (Wildman–Crippen LogP) is 0.956. The van der Waals surface area contributed by atoms with Crippen molar-refractivity contribution in [3.05, 3.63) is 52.6 Å². The van der Waals surface area contributed by atoms with Gasteiger partial charge in [0.05, 0.1) is 5.56 Å². The first-order valence-corrected chi connectivity index (χ1v) is 5.22. The molecule has 6 nitrogen and oxygen atoms in total. The Hall–Kier alpha value is -2.94. The summed E-state index contributed by atoms with van der Waals surface area (Å²) in [6.45, 7) is 0. The Morgan fingerprint density at radius 1 is 1.22 bits per heavy atom. The summed E-state index contributed by atoms with van der Waals surface area (Å²) in [5.41, 5.74) is 1.73. The van der Waals surface area contributed by atoms with Gasteiger partial charge in [-0.25, -0.2) is 0 Å². The maximum Gasteiger partial charge on any atom is 0.247 e. The zero-order chi connectivity index (χ0) is 12.5. The highest BCUT2D eigenvalue weighted by Crippen LogP contribution is 2.16. The van der Waals surface area contributed by atoms with Crippen LogP contribution in [-0.2, 0) is 0 Å². The third-order valence-electron chi connectivity index (χ3n) is 2.57. The summed E-state index contributed by atoms with van der Waals surface area (Å²) in [6, 6.07) is 8.55. The first-order chi connectivity index (χ1) is 8.78.